The second-order valence-electron chi connectivity index (χ2n) is 8.32. The van der Waals surface area contributed by atoms with E-state index in [9.17, 15) is 8.42 Å². The Morgan fingerprint density at radius 3 is 2.68 bits per heavy atom. The highest BCUT2D eigenvalue weighted by Gasteiger charge is 2.62. The summed E-state index contributed by atoms with van der Waals surface area (Å²) in [6.07, 6.45) is 3.63. The number of likely N-dealkylation sites (tertiary alicyclic amines) is 1. The number of rotatable bonds is 5. The van der Waals surface area contributed by atoms with E-state index in [4.69, 9.17) is 4.74 Å². The first kappa shape index (κ1) is 17.5. The molecule has 25 heavy (non-hydrogen) atoms. The van der Waals surface area contributed by atoms with Crippen molar-refractivity contribution in [2.24, 2.45) is 11.8 Å². The first-order valence-corrected chi connectivity index (χ1v) is 11.1. The number of hydrogen-bond acceptors (Lipinski definition) is 4. The molecule has 1 aromatic rings. The van der Waals surface area contributed by atoms with Gasteiger partial charge in [0.2, 0.25) is 10.0 Å². The van der Waals surface area contributed by atoms with Gasteiger partial charge in [0.25, 0.3) is 0 Å². The molecule has 2 bridgehead atoms. The summed E-state index contributed by atoms with van der Waals surface area (Å²) < 4.78 is 32.1. The third-order valence-electron chi connectivity index (χ3n) is 6.12. The van der Waals surface area contributed by atoms with Crippen LogP contribution in [0.1, 0.15) is 29.5 Å². The van der Waals surface area contributed by atoms with Crippen molar-refractivity contribution in [2.45, 2.75) is 44.9 Å². The lowest BCUT2D eigenvalue weighted by molar-refractivity contribution is 0.00220. The van der Waals surface area contributed by atoms with Crippen molar-refractivity contribution in [1.82, 2.24) is 9.62 Å². The van der Waals surface area contributed by atoms with E-state index in [-0.39, 0.29) is 11.7 Å². The summed E-state index contributed by atoms with van der Waals surface area (Å²) >= 11 is 0. The van der Waals surface area contributed by atoms with Crippen LogP contribution in [-0.4, -0.2) is 50.9 Å². The minimum Gasteiger partial charge on any atom is -0.370 e. The third kappa shape index (κ3) is 3.37. The van der Waals surface area contributed by atoms with Crippen molar-refractivity contribution < 1.29 is 13.2 Å². The van der Waals surface area contributed by atoms with E-state index in [0.29, 0.717) is 18.4 Å². The Hall–Kier alpha value is -0.950. The Balaban J connectivity index is 1.47. The van der Waals surface area contributed by atoms with Gasteiger partial charge in [-0.1, -0.05) is 29.3 Å². The summed E-state index contributed by atoms with van der Waals surface area (Å²) in [4.78, 5) is 2.49. The van der Waals surface area contributed by atoms with Crippen LogP contribution in [0.5, 0.6) is 0 Å². The maximum absolute atomic E-state index is 11.5. The predicted molar refractivity (Wildman–Crippen MR) is 97.9 cm³/mol. The maximum Gasteiger partial charge on any atom is 0.208 e. The van der Waals surface area contributed by atoms with E-state index in [0.717, 1.165) is 32.5 Å². The topological polar surface area (TPSA) is 58.6 Å². The van der Waals surface area contributed by atoms with Gasteiger partial charge < -0.3 is 4.74 Å². The second-order valence-corrected chi connectivity index (χ2v) is 10.1. The van der Waals surface area contributed by atoms with Gasteiger partial charge in [-0.3, -0.25) is 4.90 Å². The molecule has 0 amide bonds. The summed E-state index contributed by atoms with van der Waals surface area (Å²) in [7, 11) is -3.15. The molecular weight excluding hydrogens is 336 g/mol. The molecule has 4 atom stereocenters. The molecule has 0 aromatic heterocycles. The summed E-state index contributed by atoms with van der Waals surface area (Å²) in [5.41, 5.74) is 3.92. The lowest BCUT2D eigenvalue weighted by Crippen LogP contribution is -2.41. The van der Waals surface area contributed by atoms with Crippen molar-refractivity contribution in [3.8, 4) is 0 Å². The minimum atomic E-state index is -3.15. The van der Waals surface area contributed by atoms with Crippen LogP contribution in [0.25, 0.3) is 0 Å². The molecule has 4 rings (SSSR count). The van der Waals surface area contributed by atoms with E-state index in [1.165, 1.54) is 22.9 Å². The van der Waals surface area contributed by atoms with E-state index in [1.54, 1.807) is 0 Å². The molecule has 3 aliphatic rings. The molecule has 3 saturated heterocycles. The normalized spacial score (nSPS) is 34.6. The van der Waals surface area contributed by atoms with E-state index in [1.807, 2.05) is 0 Å². The molecule has 3 heterocycles. The highest BCUT2D eigenvalue weighted by Crippen LogP contribution is 2.54. The largest absolute Gasteiger partial charge is 0.370 e. The average Bonchev–Trinajstić information content (AvgIpc) is 3.10. The number of nitrogens with one attached hydrogen (secondary N) is 1. The van der Waals surface area contributed by atoms with Crippen molar-refractivity contribution in [1.29, 1.82) is 0 Å². The molecule has 1 aromatic carbocycles. The van der Waals surface area contributed by atoms with Gasteiger partial charge in [0.15, 0.2) is 0 Å². The van der Waals surface area contributed by atoms with Gasteiger partial charge in [-0.15, -0.1) is 0 Å². The molecule has 0 saturated carbocycles. The van der Waals surface area contributed by atoms with Gasteiger partial charge in [0.05, 0.1) is 18.0 Å². The Morgan fingerprint density at radius 1 is 1.28 bits per heavy atom. The monoisotopic (exact) mass is 364 g/mol. The molecule has 0 unspecified atom stereocenters. The zero-order chi connectivity index (χ0) is 17.8. The van der Waals surface area contributed by atoms with Crippen LogP contribution in [0, 0.1) is 25.7 Å². The van der Waals surface area contributed by atoms with Gasteiger partial charge in [-0.2, -0.15) is 0 Å². The first-order valence-electron chi connectivity index (χ1n) is 9.16. The molecule has 3 aliphatic heterocycles. The predicted octanol–water partition coefficient (Wildman–Crippen LogP) is 1.83. The number of aryl methyl sites for hydroxylation is 2. The van der Waals surface area contributed by atoms with Gasteiger partial charge in [-0.25, -0.2) is 13.1 Å². The van der Waals surface area contributed by atoms with Gasteiger partial charge >= 0.3 is 0 Å². The molecule has 6 heteroatoms. The molecule has 1 N–H and O–H groups in total. The molecule has 5 nitrogen and oxygen atoms in total. The summed E-state index contributed by atoms with van der Waals surface area (Å²) in [5, 5.41) is 0. The quantitative estimate of drug-likeness (QED) is 0.866. The molecular formula is C19H28N2O3S. The SMILES string of the molecule is Cc1cc(C)cc(CN2C[C@@H]3[C@H](CNS(C)(=O)=O)[C@H]4CC[C@]3(C2)O4)c1. The minimum absolute atomic E-state index is 0.0482. The zero-order valence-corrected chi connectivity index (χ0v) is 16.1. The first-order chi connectivity index (χ1) is 11.7. The summed E-state index contributed by atoms with van der Waals surface area (Å²) in [6, 6.07) is 6.73. The van der Waals surface area contributed by atoms with E-state index < -0.39 is 10.0 Å². The van der Waals surface area contributed by atoms with Crippen LogP contribution < -0.4 is 4.72 Å². The van der Waals surface area contributed by atoms with Crippen LogP contribution in [0.2, 0.25) is 0 Å². The Labute approximate surface area is 150 Å². The van der Waals surface area contributed by atoms with Crippen molar-refractivity contribution in [3.63, 3.8) is 0 Å². The highest BCUT2D eigenvalue weighted by atomic mass is 32.2. The molecule has 138 valence electrons. The van der Waals surface area contributed by atoms with Crippen LogP contribution in [0.3, 0.4) is 0 Å². The second kappa shape index (κ2) is 6.05. The van der Waals surface area contributed by atoms with Crippen molar-refractivity contribution >= 4 is 10.0 Å². The number of nitrogens with zero attached hydrogens (tertiary/aromatic N) is 1. The molecule has 1 spiro atoms. The third-order valence-corrected chi connectivity index (χ3v) is 6.81. The number of hydrogen-bond donors (Lipinski definition) is 1. The lowest BCUT2D eigenvalue weighted by Gasteiger charge is -2.29. The standard InChI is InChI=1S/C19H28N2O3S/c1-13-6-14(2)8-15(7-13)10-21-11-17-16(9-20-25(3,22)23)18-4-5-19(17,12-21)24-18/h6-8,16-18,20H,4-5,9-12H2,1-3H3/t16-,17+,18+,19+/m0/s1. The number of ether oxygens (including phenoxy) is 1. The number of sulfonamides is 1. The summed E-state index contributed by atoms with van der Waals surface area (Å²) in [5.74, 6) is 0.735. The smallest absolute Gasteiger partial charge is 0.208 e. The van der Waals surface area contributed by atoms with Crippen LogP contribution in [-0.2, 0) is 21.3 Å². The lowest BCUT2D eigenvalue weighted by atomic mass is 9.74. The number of benzene rings is 1. The zero-order valence-electron chi connectivity index (χ0n) is 15.3. The van der Waals surface area contributed by atoms with Crippen LogP contribution in [0.15, 0.2) is 18.2 Å². The van der Waals surface area contributed by atoms with E-state index >= 15 is 0 Å². The molecule has 0 radical (unpaired) electrons. The fraction of sp³-hybridized carbons (Fsp3) is 0.684. The van der Waals surface area contributed by atoms with Gasteiger partial charge in [0.1, 0.15) is 0 Å². The van der Waals surface area contributed by atoms with Crippen LogP contribution >= 0.6 is 0 Å². The average molecular weight is 365 g/mol. The van der Waals surface area contributed by atoms with Crippen molar-refractivity contribution in [3.05, 3.63) is 34.9 Å². The van der Waals surface area contributed by atoms with Crippen molar-refractivity contribution in [2.75, 3.05) is 25.9 Å². The van der Waals surface area contributed by atoms with Crippen LogP contribution in [0.4, 0.5) is 0 Å². The molecule has 3 fully saturated rings. The molecule has 0 aliphatic carbocycles. The van der Waals surface area contributed by atoms with Gasteiger partial charge in [-0.05, 0) is 32.3 Å². The maximum atomic E-state index is 11.5. The van der Waals surface area contributed by atoms with E-state index in [2.05, 4.69) is 41.7 Å². The fourth-order valence-corrected chi connectivity index (χ4v) is 5.84. The number of fused-ring (bicyclic) bond motifs is 1. The Kier molecular flexibility index (Phi) is 4.22. The van der Waals surface area contributed by atoms with Gasteiger partial charge in [0, 0.05) is 38.0 Å². The Bertz CT molecular complexity index is 759. The Morgan fingerprint density at radius 2 is 2.00 bits per heavy atom. The highest BCUT2D eigenvalue weighted by molar-refractivity contribution is 7.88. The summed E-state index contributed by atoms with van der Waals surface area (Å²) in [6.45, 7) is 7.71. The fourth-order valence-electron chi connectivity index (χ4n) is 5.35.